The van der Waals surface area contributed by atoms with Gasteiger partial charge in [0.05, 0.1) is 13.2 Å². The molecule has 2 heterocycles. The van der Waals surface area contributed by atoms with Crippen LogP contribution >= 0.6 is 0 Å². The zero-order chi connectivity index (χ0) is 16.3. The molecule has 0 aliphatic carbocycles. The van der Waals surface area contributed by atoms with E-state index in [9.17, 15) is 0 Å². The van der Waals surface area contributed by atoms with Gasteiger partial charge in [0.1, 0.15) is 36.3 Å². The van der Waals surface area contributed by atoms with Crippen molar-refractivity contribution in [3.63, 3.8) is 0 Å². The second-order valence-electron chi connectivity index (χ2n) is 5.42. The lowest BCUT2D eigenvalue weighted by atomic mass is 10.3. The van der Waals surface area contributed by atoms with Gasteiger partial charge < -0.3 is 23.4 Å². The van der Waals surface area contributed by atoms with Crippen LogP contribution in [0.25, 0.3) is 0 Å². The Bertz CT molecular complexity index is 543. The Morgan fingerprint density at radius 2 is 1.35 bits per heavy atom. The van der Waals surface area contributed by atoms with E-state index in [4.69, 9.17) is 23.4 Å². The minimum Gasteiger partial charge on any atom is -0.464 e. The fourth-order valence-electron chi connectivity index (χ4n) is 2.23. The van der Waals surface area contributed by atoms with E-state index in [1.165, 1.54) is 0 Å². The Labute approximate surface area is 137 Å². The number of hydrogen-bond acceptors (Lipinski definition) is 5. The average Bonchev–Trinajstić information content (AvgIpc) is 3.18. The molecule has 5 heteroatoms. The number of furan rings is 2. The van der Waals surface area contributed by atoms with Crippen LogP contribution < -0.4 is 0 Å². The molecule has 2 aromatic rings. The maximum absolute atomic E-state index is 8.78. The first-order valence-electron chi connectivity index (χ1n) is 8.23. The van der Waals surface area contributed by atoms with E-state index >= 15 is 0 Å². The van der Waals surface area contributed by atoms with Gasteiger partial charge in [0.2, 0.25) is 0 Å². The normalized spacial score (nSPS) is 11.2. The molecule has 0 spiro atoms. The highest BCUT2D eigenvalue weighted by molar-refractivity contribution is 5.07. The van der Waals surface area contributed by atoms with Gasteiger partial charge in [0.25, 0.3) is 0 Å². The first-order chi connectivity index (χ1) is 11.3. The highest BCUT2D eigenvalue weighted by Gasteiger charge is 2.03. The Hall–Kier alpha value is -1.56. The van der Waals surface area contributed by atoms with Gasteiger partial charge in [0, 0.05) is 19.4 Å². The van der Waals surface area contributed by atoms with E-state index in [1.807, 2.05) is 24.3 Å². The van der Waals surface area contributed by atoms with Gasteiger partial charge in [-0.25, -0.2) is 0 Å². The fourth-order valence-corrected chi connectivity index (χ4v) is 2.23. The van der Waals surface area contributed by atoms with Crippen molar-refractivity contribution in [3.8, 4) is 0 Å². The van der Waals surface area contributed by atoms with E-state index in [1.54, 1.807) is 0 Å². The van der Waals surface area contributed by atoms with Crippen LogP contribution in [0.1, 0.15) is 42.8 Å². The molecule has 0 saturated carbocycles. The van der Waals surface area contributed by atoms with Crippen molar-refractivity contribution in [1.29, 1.82) is 0 Å². The SMILES string of the molecule is CCCc1ccc(COCCOCc2ccc(CCCO)o2)o1. The lowest BCUT2D eigenvalue weighted by molar-refractivity contribution is 0.0232. The van der Waals surface area contributed by atoms with Crippen LogP contribution in [0.4, 0.5) is 0 Å². The van der Waals surface area contributed by atoms with Crippen LogP contribution in [-0.2, 0) is 35.5 Å². The Kier molecular flexibility index (Phi) is 7.93. The van der Waals surface area contributed by atoms with Crippen LogP contribution in [-0.4, -0.2) is 24.9 Å². The summed E-state index contributed by atoms with van der Waals surface area (Å²) in [5, 5.41) is 8.78. The average molecular weight is 322 g/mol. The van der Waals surface area contributed by atoms with Crippen molar-refractivity contribution >= 4 is 0 Å². The van der Waals surface area contributed by atoms with Gasteiger partial charge in [-0.05, 0) is 37.1 Å². The van der Waals surface area contributed by atoms with Gasteiger partial charge in [-0.3, -0.25) is 0 Å². The summed E-state index contributed by atoms with van der Waals surface area (Å²) in [6, 6.07) is 7.80. The van der Waals surface area contributed by atoms with Crippen LogP contribution in [0.2, 0.25) is 0 Å². The molecule has 0 fully saturated rings. The zero-order valence-electron chi connectivity index (χ0n) is 13.8. The molecule has 0 aliphatic rings. The summed E-state index contributed by atoms with van der Waals surface area (Å²) in [5.41, 5.74) is 0. The standard InChI is InChI=1S/C18H26O5/c1-2-4-15-6-8-17(22-15)13-20-11-12-21-14-18-9-7-16(23-18)5-3-10-19/h6-9,19H,2-5,10-14H2,1H3. The maximum atomic E-state index is 8.78. The number of aliphatic hydroxyl groups is 1. The summed E-state index contributed by atoms with van der Waals surface area (Å²) in [7, 11) is 0. The third-order valence-electron chi connectivity index (χ3n) is 3.37. The molecule has 5 nitrogen and oxygen atoms in total. The highest BCUT2D eigenvalue weighted by atomic mass is 16.5. The second kappa shape index (κ2) is 10.3. The van der Waals surface area contributed by atoms with Crippen molar-refractivity contribution < 1.29 is 23.4 Å². The second-order valence-corrected chi connectivity index (χ2v) is 5.42. The molecule has 2 aromatic heterocycles. The van der Waals surface area contributed by atoms with Gasteiger partial charge in [0.15, 0.2) is 0 Å². The zero-order valence-corrected chi connectivity index (χ0v) is 13.8. The summed E-state index contributed by atoms with van der Waals surface area (Å²) in [5.74, 6) is 3.55. The molecule has 1 N–H and O–H groups in total. The minimum absolute atomic E-state index is 0.180. The number of aryl methyl sites for hydroxylation is 2. The Morgan fingerprint density at radius 3 is 1.87 bits per heavy atom. The van der Waals surface area contributed by atoms with Gasteiger partial charge in [-0.1, -0.05) is 6.92 Å². The largest absolute Gasteiger partial charge is 0.464 e. The first kappa shape index (κ1) is 17.8. The molecule has 23 heavy (non-hydrogen) atoms. The molecule has 0 atom stereocenters. The molecule has 128 valence electrons. The lowest BCUT2D eigenvalue weighted by Gasteiger charge is -2.03. The number of ether oxygens (including phenoxy) is 2. The summed E-state index contributed by atoms with van der Waals surface area (Å²) >= 11 is 0. The molecule has 0 amide bonds. The molecular weight excluding hydrogens is 296 g/mol. The van der Waals surface area contributed by atoms with E-state index in [-0.39, 0.29) is 6.61 Å². The third-order valence-corrected chi connectivity index (χ3v) is 3.37. The predicted octanol–water partition coefficient (Wildman–Crippen LogP) is 3.48. The van der Waals surface area contributed by atoms with Crippen molar-refractivity contribution in [3.05, 3.63) is 47.3 Å². The smallest absolute Gasteiger partial charge is 0.129 e. The molecule has 0 bridgehead atoms. The van der Waals surface area contributed by atoms with Gasteiger partial charge >= 0.3 is 0 Å². The van der Waals surface area contributed by atoms with E-state index in [0.29, 0.717) is 32.8 Å². The van der Waals surface area contributed by atoms with Crippen LogP contribution in [0, 0.1) is 0 Å². The van der Waals surface area contributed by atoms with Gasteiger partial charge in [-0.15, -0.1) is 0 Å². The highest BCUT2D eigenvalue weighted by Crippen LogP contribution is 2.12. The Balaban J connectivity index is 1.54. The number of hydrogen-bond donors (Lipinski definition) is 1. The van der Waals surface area contributed by atoms with Gasteiger partial charge in [-0.2, -0.15) is 0 Å². The van der Waals surface area contributed by atoms with Crippen LogP contribution in [0.3, 0.4) is 0 Å². The van der Waals surface area contributed by atoms with Crippen LogP contribution in [0.5, 0.6) is 0 Å². The van der Waals surface area contributed by atoms with E-state index in [0.717, 1.165) is 42.3 Å². The third kappa shape index (κ3) is 6.60. The van der Waals surface area contributed by atoms with Crippen LogP contribution in [0.15, 0.2) is 33.1 Å². The minimum atomic E-state index is 0.180. The Morgan fingerprint density at radius 1 is 0.826 bits per heavy atom. The molecule has 0 aromatic carbocycles. The maximum Gasteiger partial charge on any atom is 0.129 e. The summed E-state index contributed by atoms with van der Waals surface area (Å²) in [6.45, 7) is 4.24. The summed E-state index contributed by atoms with van der Waals surface area (Å²) in [6.07, 6.45) is 3.51. The molecule has 0 unspecified atom stereocenters. The van der Waals surface area contributed by atoms with Crippen molar-refractivity contribution in [2.75, 3.05) is 19.8 Å². The molecule has 0 aliphatic heterocycles. The number of aliphatic hydroxyl groups excluding tert-OH is 1. The van der Waals surface area contributed by atoms with Crippen molar-refractivity contribution in [2.24, 2.45) is 0 Å². The monoisotopic (exact) mass is 322 g/mol. The van der Waals surface area contributed by atoms with E-state index in [2.05, 4.69) is 6.92 Å². The van der Waals surface area contributed by atoms with Crippen molar-refractivity contribution in [1.82, 2.24) is 0 Å². The van der Waals surface area contributed by atoms with Crippen molar-refractivity contribution in [2.45, 2.75) is 45.8 Å². The number of rotatable bonds is 12. The molecule has 0 saturated heterocycles. The predicted molar refractivity (Wildman–Crippen MR) is 86.1 cm³/mol. The lowest BCUT2D eigenvalue weighted by Crippen LogP contribution is -2.03. The first-order valence-corrected chi connectivity index (χ1v) is 8.23. The molecule has 0 radical (unpaired) electrons. The molecule has 2 rings (SSSR count). The molecular formula is C18H26O5. The fraction of sp³-hybridized carbons (Fsp3) is 0.556. The topological polar surface area (TPSA) is 65.0 Å². The quantitative estimate of drug-likeness (QED) is 0.606. The summed E-state index contributed by atoms with van der Waals surface area (Å²) < 4.78 is 22.3. The van der Waals surface area contributed by atoms with E-state index < -0.39 is 0 Å². The summed E-state index contributed by atoms with van der Waals surface area (Å²) in [4.78, 5) is 0.